The highest BCUT2D eigenvalue weighted by molar-refractivity contribution is 6.01. The Balaban J connectivity index is 1.32. The summed E-state index contributed by atoms with van der Waals surface area (Å²) in [5.74, 6) is 0.428. The van der Waals surface area contributed by atoms with Crippen LogP contribution in [0, 0.1) is 6.92 Å². The van der Waals surface area contributed by atoms with E-state index in [1.807, 2.05) is 48.5 Å². The lowest BCUT2D eigenvalue weighted by Gasteiger charge is -2.05. The molecule has 31 heavy (non-hydrogen) atoms. The van der Waals surface area contributed by atoms with Crippen molar-refractivity contribution in [2.45, 2.75) is 20.1 Å². The van der Waals surface area contributed by atoms with Gasteiger partial charge in [0.25, 0.3) is 5.56 Å². The van der Waals surface area contributed by atoms with Gasteiger partial charge in [-0.15, -0.1) is 0 Å². The molecule has 0 saturated carbocycles. The zero-order chi connectivity index (χ0) is 21.4. The van der Waals surface area contributed by atoms with Crippen molar-refractivity contribution in [2.75, 3.05) is 0 Å². The molecule has 0 aliphatic heterocycles. The molecule has 0 spiro atoms. The molecule has 0 N–H and O–H groups in total. The number of ether oxygens (including phenoxy) is 1. The van der Waals surface area contributed by atoms with Crippen molar-refractivity contribution in [3.8, 4) is 11.5 Å². The Kier molecular flexibility index (Phi) is 4.59. The third-order valence-electron chi connectivity index (χ3n) is 4.93. The predicted octanol–water partition coefficient (Wildman–Crippen LogP) is 3.85. The second-order valence-electron chi connectivity index (χ2n) is 7.00. The first kappa shape index (κ1) is 18.8. The minimum atomic E-state index is -0.594. The van der Waals surface area contributed by atoms with Crippen molar-refractivity contribution >= 4 is 28.0 Å². The molecule has 5 aromatic rings. The fourth-order valence-electron chi connectivity index (χ4n) is 3.33. The topological polar surface area (TPSA) is 100 Å². The Hall–Kier alpha value is -4.20. The predicted molar refractivity (Wildman–Crippen MR) is 112 cm³/mol. The van der Waals surface area contributed by atoms with E-state index in [-0.39, 0.29) is 18.7 Å². The average molecular weight is 415 g/mol. The molecule has 0 atom stereocenters. The van der Waals surface area contributed by atoms with Crippen LogP contribution in [0.4, 0.5) is 0 Å². The largest absolute Gasteiger partial charge is 0.458 e. The number of carbonyl (C=O) groups is 1. The summed E-state index contributed by atoms with van der Waals surface area (Å²) in [4.78, 5) is 33.7. The number of oxazole rings is 1. The minimum Gasteiger partial charge on any atom is -0.458 e. The van der Waals surface area contributed by atoms with Crippen molar-refractivity contribution in [1.29, 1.82) is 0 Å². The van der Waals surface area contributed by atoms with Gasteiger partial charge < -0.3 is 13.6 Å². The van der Waals surface area contributed by atoms with Gasteiger partial charge in [-0.1, -0.05) is 30.3 Å². The van der Waals surface area contributed by atoms with Crippen molar-refractivity contribution in [1.82, 2.24) is 14.5 Å². The van der Waals surface area contributed by atoms with Gasteiger partial charge in [0.2, 0.25) is 11.5 Å². The van der Waals surface area contributed by atoms with E-state index in [1.54, 1.807) is 13.0 Å². The van der Waals surface area contributed by atoms with E-state index in [2.05, 4.69) is 9.97 Å². The minimum absolute atomic E-state index is 0.0595. The molecule has 8 nitrogen and oxygen atoms in total. The fourth-order valence-corrected chi connectivity index (χ4v) is 3.33. The summed E-state index contributed by atoms with van der Waals surface area (Å²) in [6.07, 6.45) is 1.32. The van der Waals surface area contributed by atoms with Crippen LogP contribution in [0.2, 0.25) is 0 Å². The third-order valence-corrected chi connectivity index (χ3v) is 4.93. The quantitative estimate of drug-likeness (QED) is 0.402. The van der Waals surface area contributed by atoms with Gasteiger partial charge in [-0.3, -0.25) is 14.2 Å². The number of esters is 1. The molecule has 3 heterocycles. The van der Waals surface area contributed by atoms with Gasteiger partial charge in [0.05, 0.1) is 6.33 Å². The number of fused-ring (bicyclic) bond motifs is 3. The van der Waals surface area contributed by atoms with Gasteiger partial charge in [0.15, 0.2) is 0 Å². The first-order valence-corrected chi connectivity index (χ1v) is 9.64. The number of furan rings is 1. The van der Waals surface area contributed by atoms with Crippen molar-refractivity contribution in [3.63, 3.8) is 0 Å². The Morgan fingerprint density at radius 3 is 2.68 bits per heavy atom. The third kappa shape index (κ3) is 3.48. The van der Waals surface area contributed by atoms with E-state index in [1.165, 1.54) is 6.33 Å². The molecule has 3 aromatic heterocycles. The molecule has 5 rings (SSSR count). The molecule has 0 radical (unpaired) electrons. The van der Waals surface area contributed by atoms with Gasteiger partial charge in [0.1, 0.15) is 35.7 Å². The molecular formula is C23H17N3O5. The molecule has 2 aromatic carbocycles. The molecule has 0 bridgehead atoms. The van der Waals surface area contributed by atoms with Crippen LogP contribution in [0.25, 0.3) is 33.5 Å². The first-order valence-electron chi connectivity index (χ1n) is 9.64. The second-order valence-corrected chi connectivity index (χ2v) is 7.00. The van der Waals surface area contributed by atoms with Gasteiger partial charge in [-0.2, -0.15) is 0 Å². The smallest absolute Gasteiger partial charge is 0.326 e. The summed E-state index contributed by atoms with van der Waals surface area (Å²) < 4.78 is 17.8. The van der Waals surface area contributed by atoms with Gasteiger partial charge in [-0.05, 0) is 31.2 Å². The SMILES string of the molecule is Cc1oc(-c2ccccc2)nc1COC(=O)Cn1cnc2c(oc3ccccc32)c1=O. The first-order chi connectivity index (χ1) is 15.1. The van der Waals surface area contributed by atoms with Crippen molar-refractivity contribution in [3.05, 3.63) is 82.7 Å². The average Bonchev–Trinajstić information content (AvgIpc) is 3.36. The van der Waals surface area contributed by atoms with Crippen molar-refractivity contribution < 1.29 is 18.4 Å². The number of nitrogens with zero attached hydrogens (tertiary/aromatic N) is 3. The summed E-state index contributed by atoms with van der Waals surface area (Å²) in [5.41, 5.74) is 2.05. The van der Waals surface area contributed by atoms with E-state index in [0.29, 0.717) is 28.4 Å². The van der Waals surface area contributed by atoms with E-state index in [9.17, 15) is 9.59 Å². The molecule has 0 unspecified atom stereocenters. The Morgan fingerprint density at radius 2 is 1.84 bits per heavy atom. The monoisotopic (exact) mass is 415 g/mol. The Labute approximate surface area is 175 Å². The number of hydrogen-bond acceptors (Lipinski definition) is 7. The number of rotatable bonds is 5. The lowest BCUT2D eigenvalue weighted by molar-refractivity contribution is -0.145. The molecule has 8 heteroatoms. The van der Waals surface area contributed by atoms with Crippen LogP contribution in [0.15, 0.2) is 74.6 Å². The van der Waals surface area contributed by atoms with Crippen LogP contribution in [0.1, 0.15) is 11.5 Å². The lowest BCUT2D eigenvalue weighted by Crippen LogP contribution is -2.25. The maximum atomic E-state index is 12.7. The maximum absolute atomic E-state index is 12.7. The maximum Gasteiger partial charge on any atom is 0.326 e. The van der Waals surface area contributed by atoms with Crippen LogP contribution in [0.5, 0.6) is 0 Å². The molecular weight excluding hydrogens is 398 g/mol. The molecule has 154 valence electrons. The number of aryl methyl sites for hydroxylation is 1. The van der Waals surface area contributed by atoms with Gasteiger partial charge in [-0.25, -0.2) is 9.97 Å². The van der Waals surface area contributed by atoms with E-state index < -0.39 is 11.5 Å². The zero-order valence-corrected chi connectivity index (χ0v) is 16.6. The number of aromatic nitrogens is 3. The van der Waals surface area contributed by atoms with E-state index >= 15 is 0 Å². The van der Waals surface area contributed by atoms with Crippen LogP contribution in [-0.4, -0.2) is 20.5 Å². The highest BCUT2D eigenvalue weighted by Crippen LogP contribution is 2.24. The summed E-state index contributed by atoms with van der Waals surface area (Å²) in [6.45, 7) is 1.41. The summed E-state index contributed by atoms with van der Waals surface area (Å²) in [6, 6.07) is 16.7. The molecule has 0 aliphatic rings. The van der Waals surface area contributed by atoms with E-state index in [0.717, 1.165) is 15.5 Å². The Morgan fingerprint density at radius 1 is 1.06 bits per heavy atom. The number of hydrogen-bond donors (Lipinski definition) is 0. The number of para-hydroxylation sites is 1. The standard InChI is InChI=1S/C23H17N3O5/c1-14-17(25-22(30-14)15-7-3-2-4-8-15)12-29-19(27)11-26-13-24-20-16-9-5-6-10-18(16)31-21(20)23(26)28/h2-10,13H,11-12H2,1H3. The van der Waals surface area contributed by atoms with Gasteiger partial charge in [0, 0.05) is 10.9 Å². The normalized spacial score (nSPS) is 11.3. The Bertz CT molecular complexity index is 1460. The second kappa shape index (κ2) is 7.56. The van der Waals surface area contributed by atoms with Crippen LogP contribution in [-0.2, 0) is 22.7 Å². The van der Waals surface area contributed by atoms with Crippen LogP contribution in [0.3, 0.4) is 0 Å². The van der Waals surface area contributed by atoms with Crippen molar-refractivity contribution in [2.24, 2.45) is 0 Å². The molecule has 0 saturated heterocycles. The number of carbonyl (C=O) groups excluding carboxylic acids is 1. The van der Waals surface area contributed by atoms with Crippen LogP contribution < -0.4 is 5.56 Å². The summed E-state index contributed by atoms with van der Waals surface area (Å²) in [7, 11) is 0. The summed E-state index contributed by atoms with van der Waals surface area (Å²) >= 11 is 0. The lowest BCUT2D eigenvalue weighted by atomic mass is 10.2. The number of benzene rings is 2. The summed E-state index contributed by atoms with van der Waals surface area (Å²) in [5, 5.41) is 0.750. The van der Waals surface area contributed by atoms with E-state index in [4.69, 9.17) is 13.6 Å². The highest BCUT2D eigenvalue weighted by atomic mass is 16.5. The highest BCUT2D eigenvalue weighted by Gasteiger charge is 2.17. The van der Waals surface area contributed by atoms with Crippen LogP contribution >= 0.6 is 0 Å². The van der Waals surface area contributed by atoms with Gasteiger partial charge >= 0.3 is 5.97 Å². The molecule has 0 amide bonds. The molecule has 0 aliphatic carbocycles. The molecule has 0 fully saturated rings. The fraction of sp³-hybridized carbons (Fsp3) is 0.130. The zero-order valence-electron chi connectivity index (χ0n) is 16.6.